The van der Waals surface area contributed by atoms with Gasteiger partial charge in [-0.25, -0.2) is 14.4 Å². The van der Waals surface area contributed by atoms with Gasteiger partial charge in [0, 0.05) is 38.4 Å². The Kier molecular flexibility index (Phi) is 4.91. The lowest BCUT2D eigenvalue weighted by Gasteiger charge is -2.36. The van der Waals surface area contributed by atoms with Gasteiger partial charge in [-0.1, -0.05) is 12.1 Å². The minimum absolute atomic E-state index is 0.0471. The van der Waals surface area contributed by atoms with E-state index >= 15 is 0 Å². The van der Waals surface area contributed by atoms with E-state index in [1.54, 1.807) is 6.20 Å². The molecule has 0 radical (unpaired) electrons. The molecule has 0 unspecified atom stereocenters. The first-order valence-electron chi connectivity index (χ1n) is 9.57. The molecule has 0 spiro atoms. The number of carbonyl (C=O) groups is 1. The van der Waals surface area contributed by atoms with Crippen LogP contribution in [0.2, 0.25) is 0 Å². The zero-order valence-corrected chi connectivity index (χ0v) is 15.9. The van der Waals surface area contributed by atoms with Crippen molar-refractivity contribution in [3.63, 3.8) is 0 Å². The second-order valence-electron chi connectivity index (χ2n) is 7.79. The number of hydrogen-bond donors (Lipinski definition) is 0. The van der Waals surface area contributed by atoms with Crippen LogP contribution >= 0.6 is 0 Å². The summed E-state index contributed by atoms with van der Waals surface area (Å²) in [7, 11) is 0. The summed E-state index contributed by atoms with van der Waals surface area (Å²) in [5, 5.41) is 0. The summed E-state index contributed by atoms with van der Waals surface area (Å²) in [6.07, 6.45) is 3.84. The van der Waals surface area contributed by atoms with Gasteiger partial charge >= 0.3 is 0 Å². The minimum atomic E-state index is -0.206. The Hall–Kier alpha value is -2.34. The van der Waals surface area contributed by atoms with E-state index in [2.05, 4.69) is 14.9 Å². The Balaban J connectivity index is 1.51. The molecule has 1 amide bonds. The van der Waals surface area contributed by atoms with Gasteiger partial charge < -0.3 is 4.90 Å². The lowest BCUT2D eigenvalue weighted by Crippen LogP contribution is -2.47. The van der Waals surface area contributed by atoms with Crippen molar-refractivity contribution in [2.24, 2.45) is 5.92 Å². The first-order chi connectivity index (χ1) is 13.0. The number of aryl methyl sites for hydroxylation is 2. The number of fused-ring (bicyclic) bond motifs is 4. The maximum atomic E-state index is 13.2. The van der Waals surface area contributed by atoms with Gasteiger partial charge in [0.25, 0.3) is 5.91 Å². The van der Waals surface area contributed by atoms with Crippen molar-refractivity contribution < 1.29 is 9.18 Å². The second-order valence-corrected chi connectivity index (χ2v) is 7.79. The zero-order valence-electron chi connectivity index (χ0n) is 15.9. The first-order valence-corrected chi connectivity index (χ1v) is 9.57. The molecule has 0 saturated carbocycles. The van der Waals surface area contributed by atoms with Gasteiger partial charge in [0.05, 0.1) is 11.3 Å². The molecule has 3 aliphatic heterocycles. The van der Waals surface area contributed by atoms with Gasteiger partial charge in [-0.15, -0.1) is 0 Å². The predicted molar refractivity (Wildman–Crippen MR) is 101 cm³/mol. The van der Waals surface area contributed by atoms with E-state index in [4.69, 9.17) is 0 Å². The first kappa shape index (κ1) is 18.0. The number of amides is 1. The van der Waals surface area contributed by atoms with E-state index in [1.807, 2.05) is 30.9 Å². The molecular formula is C21H25FN4O. The van der Waals surface area contributed by atoms with Crippen molar-refractivity contribution in [1.82, 2.24) is 19.8 Å². The summed E-state index contributed by atoms with van der Waals surface area (Å²) in [6, 6.07) is 6.92. The number of hydrogen-bond acceptors (Lipinski definition) is 4. The molecule has 1 aromatic carbocycles. The van der Waals surface area contributed by atoms with E-state index in [9.17, 15) is 9.18 Å². The van der Waals surface area contributed by atoms with Crippen LogP contribution in [0.15, 0.2) is 30.5 Å². The van der Waals surface area contributed by atoms with E-state index in [1.165, 1.54) is 12.1 Å². The Morgan fingerprint density at radius 1 is 1.15 bits per heavy atom. The van der Waals surface area contributed by atoms with Crippen LogP contribution in [0.1, 0.15) is 40.3 Å². The third-order valence-electron chi connectivity index (χ3n) is 5.70. The Labute approximate surface area is 159 Å². The highest BCUT2D eigenvalue weighted by Gasteiger charge is 2.37. The van der Waals surface area contributed by atoms with Gasteiger partial charge in [0.1, 0.15) is 11.6 Å². The molecule has 2 aromatic rings. The summed E-state index contributed by atoms with van der Waals surface area (Å²) in [5.74, 6) is 1.000. The van der Waals surface area contributed by atoms with Gasteiger partial charge in [-0.05, 0) is 50.3 Å². The van der Waals surface area contributed by atoms with Crippen molar-refractivity contribution in [2.45, 2.75) is 39.3 Å². The Morgan fingerprint density at radius 3 is 2.67 bits per heavy atom. The van der Waals surface area contributed by atoms with Gasteiger partial charge in [0.15, 0.2) is 0 Å². The van der Waals surface area contributed by atoms with Gasteiger partial charge in [0.2, 0.25) is 0 Å². The molecule has 0 N–H and O–H groups in total. The molecule has 0 aliphatic carbocycles. The summed E-state index contributed by atoms with van der Waals surface area (Å²) in [4.78, 5) is 26.2. The maximum Gasteiger partial charge on any atom is 0.257 e. The number of halogens is 1. The SMILES string of the molecule is Cc1ncc(C(=O)N2C[C@H]3CC[C@@H]2CN(Cc2ccc(F)cc2)C3)c(C)n1. The number of aromatic nitrogens is 2. The van der Waals surface area contributed by atoms with Crippen molar-refractivity contribution in [3.8, 4) is 0 Å². The van der Waals surface area contributed by atoms with Crippen molar-refractivity contribution in [1.29, 1.82) is 0 Å². The molecule has 3 saturated heterocycles. The van der Waals surface area contributed by atoms with Crippen LogP contribution in [-0.4, -0.2) is 51.4 Å². The third kappa shape index (κ3) is 3.86. The minimum Gasteiger partial charge on any atom is -0.334 e. The average Bonchev–Trinajstić information content (AvgIpc) is 2.94. The van der Waals surface area contributed by atoms with E-state index in [0.29, 0.717) is 17.3 Å². The van der Waals surface area contributed by atoms with E-state index < -0.39 is 0 Å². The normalized spacial score (nSPS) is 22.7. The molecule has 2 atom stereocenters. The highest BCUT2D eigenvalue weighted by atomic mass is 19.1. The van der Waals surface area contributed by atoms with Crippen molar-refractivity contribution in [2.75, 3.05) is 19.6 Å². The number of carbonyl (C=O) groups excluding carboxylic acids is 1. The third-order valence-corrected chi connectivity index (χ3v) is 5.70. The number of piperidine rings is 1. The fourth-order valence-corrected chi connectivity index (χ4v) is 4.35. The highest BCUT2D eigenvalue weighted by Crippen LogP contribution is 2.30. The van der Waals surface area contributed by atoms with Crippen molar-refractivity contribution >= 4 is 5.91 Å². The zero-order chi connectivity index (χ0) is 19.0. The summed E-state index contributed by atoms with van der Waals surface area (Å²) >= 11 is 0. The molecule has 5 rings (SSSR count). The highest BCUT2D eigenvalue weighted by molar-refractivity contribution is 5.95. The predicted octanol–water partition coefficient (Wildman–Crippen LogP) is 2.97. The molecule has 27 heavy (non-hydrogen) atoms. The van der Waals surface area contributed by atoms with Crippen LogP contribution < -0.4 is 0 Å². The quantitative estimate of drug-likeness (QED) is 0.836. The van der Waals surface area contributed by atoms with Gasteiger partial charge in [-0.3, -0.25) is 9.69 Å². The number of benzene rings is 1. The molecular weight excluding hydrogens is 343 g/mol. The van der Waals surface area contributed by atoms with Crippen LogP contribution in [-0.2, 0) is 6.54 Å². The topological polar surface area (TPSA) is 49.3 Å². The number of rotatable bonds is 3. The fourth-order valence-electron chi connectivity index (χ4n) is 4.35. The largest absolute Gasteiger partial charge is 0.334 e. The molecule has 2 bridgehead atoms. The second kappa shape index (κ2) is 7.35. The summed E-state index contributed by atoms with van der Waals surface area (Å²) < 4.78 is 13.2. The molecule has 6 heteroatoms. The monoisotopic (exact) mass is 368 g/mol. The molecule has 4 heterocycles. The Bertz CT molecular complexity index is 839. The Morgan fingerprint density at radius 2 is 1.93 bits per heavy atom. The lowest BCUT2D eigenvalue weighted by molar-refractivity contribution is 0.0583. The van der Waals surface area contributed by atoms with Gasteiger partial charge in [-0.2, -0.15) is 0 Å². The summed E-state index contributed by atoms with van der Waals surface area (Å²) in [6.45, 7) is 7.12. The molecule has 5 nitrogen and oxygen atoms in total. The number of nitrogens with zero attached hydrogens (tertiary/aromatic N) is 4. The van der Waals surface area contributed by atoms with Crippen LogP contribution in [0, 0.1) is 25.6 Å². The maximum absolute atomic E-state index is 13.2. The standard InChI is InChI=1S/C21H25FN4O/c1-14-20(9-23-15(2)24-14)21(27)26-12-17-5-8-19(26)13-25(11-17)10-16-3-6-18(22)7-4-16/h3-4,6-7,9,17,19H,5,8,10-13H2,1-2H3/t17-,19+/m0/s1. The van der Waals surface area contributed by atoms with E-state index in [0.717, 1.165) is 50.3 Å². The molecule has 1 aromatic heterocycles. The average molecular weight is 368 g/mol. The van der Waals surface area contributed by atoms with Crippen LogP contribution in [0.4, 0.5) is 4.39 Å². The summed E-state index contributed by atoms with van der Waals surface area (Å²) in [5.41, 5.74) is 2.47. The van der Waals surface area contributed by atoms with Crippen molar-refractivity contribution in [3.05, 3.63) is 58.9 Å². The lowest BCUT2D eigenvalue weighted by atomic mass is 9.94. The van der Waals surface area contributed by atoms with E-state index in [-0.39, 0.29) is 17.8 Å². The molecule has 3 fully saturated rings. The fraction of sp³-hybridized carbons (Fsp3) is 0.476. The van der Waals surface area contributed by atoms with Crippen LogP contribution in [0.25, 0.3) is 0 Å². The van der Waals surface area contributed by atoms with Crippen LogP contribution in [0.3, 0.4) is 0 Å². The molecule has 142 valence electrons. The van der Waals surface area contributed by atoms with Crippen LogP contribution in [0.5, 0.6) is 0 Å². The molecule has 3 aliphatic rings. The smallest absolute Gasteiger partial charge is 0.257 e.